The molecule has 0 aliphatic carbocycles. The van der Waals surface area contributed by atoms with Gasteiger partial charge in [0.25, 0.3) is 5.89 Å². The minimum atomic E-state index is -2.80. The van der Waals surface area contributed by atoms with E-state index < -0.39 is 12.3 Å². The van der Waals surface area contributed by atoms with Crippen LogP contribution in [0.5, 0.6) is 0 Å². The number of alkyl halides is 2. The van der Waals surface area contributed by atoms with Crippen LogP contribution in [0.3, 0.4) is 0 Å². The number of halogens is 3. The van der Waals surface area contributed by atoms with Crippen LogP contribution in [0.25, 0.3) is 22.7 Å². The number of aromatic nitrogens is 5. The third-order valence-corrected chi connectivity index (χ3v) is 6.11. The standard InChI is InChI=1S/C22H18F3N7O/c23-15-6-5-14(7-18(15)32-11-17-19(32)8-26-17)16-10-31(30-27-16)9-12-1-3-13(4-2-12)21-28-29-22(33-21)20(24)25/h1-7,10,17,19-20,26H,8-9,11H2. The van der Waals surface area contributed by atoms with Crippen molar-refractivity contribution in [2.45, 2.75) is 25.1 Å². The van der Waals surface area contributed by atoms with Crippen molar-refractivity contribution in [3.8, 4) is 22.7 Å². The van der Waals surface area contributed by atoms with Crippen LogP contribution in [-0.4, -0.2) is 50.4 Å². The average Bonchev–Trinajstić information content (AvgIpc) is 3.47. The molecular formula is C22H18F3N7O. The fraction of sp³-hybridized carbons (Fsp3) is 0.273. The first-order valence-corrected chi connectivity index (χ1v) is 10.5. The second kappa shape index (κ2) is 7.69. The summed E-state index contributed by atoms with van der Waals surface area (Å²) in [6, 6.07) is 12.9. The number of anilines is 1. The molecule has 11 heteroatoms. The van der Waals surface area contributed by atoms with Gasteiger partial charge in [0, 0.05) is 30.3 Å². The summed E-state index contributed by atoms with van der Waals surface area (Å²) in [7, 11) is 0. The normalized spacial score (nSPS) is 19.3. The van der Waals surface area contributed by atoms with Gasteiger partial charge in [-0.05, 0) is 35.9 Å². The molecule has 2 aliphatic rings. The molecule has 4 heterocycles. The van der Waals surface area contributed by atoms with Crippen molar-refractivity contribution < 1.29 is 17.6 Å². The Bertz CT molecular complexity index is 1300. The number of rotatable bonds is 6. The molecule has 4 aromatic rings. The lowest BCUT2D eigenvalue weighted by Gasteiger charge is -2.57. The molecule has 168 valence electrons. The smallest absolute Gasteiger partial charge is 0.314 e. The molecule has 6 rings (SSSR count). The minimum absolute atomic E-state index is 0.0400. The zero-order valence-corrected chi connectivity index (χ0v) is 17.2. The van der Waals surface area contributed by atoms with Gasteiger partial charge in [0.1, 0.15) is 11.5 Å². The molecule has 0 saturated carbocycles. The zero-order valence-electron chi connectivity index (χ0n) is 17.2. The second-order valence-electron chi connectivity index (χ2n) is 8.15. The first-order valence-electron chi connectivity index (χ1n) is 10.5. The predicted molar refractivity (Wildman–Crippen MR) is 112 cm³/mol. The highest BCUT2D eigenvalue weighted by molar-refractivity contribution is 5.67. The van der Waals surface area contributed by atoms with E-state index in [4.69, 9.17) is 4.42 Å². The SMILES string of the molecule is Fc1ccc(-c2cn(Cc3ccc(-c4nnc(C(F)F)o4)cc3)nn2)cc1N1CC2NCC21. The van der Waals surface area contributed by atoms with Crippen molar-refractivity contribution in [1.82, 2.24) is 30.5 Å². The summed E-state index contributed by atoms with van der Waals surface area (Å²) in [6.07, 6.45) is -0.996. The number of hydrogen-bond acceptors (Lipinski definition) is 7. The molecule has 2 aromatic carbocycles. The highest BCUT2D eigenvalue weighted by Crippen LogP contribution is 2.35. The lowest BCUT2D eigenvalue weighted by molar-refractivity contribution is 0.116. The van der Waals surface area contributed by atoms with Gasteiger partial charge in [0.2, 0.25) is 5.89 Å². The zero-order chi connectivity index (χ0) is 22.5. The number of hydrogen-bond donors (Lipinski definition) is 1. The van der Waals surface area contributed by atoms with Crippen molar-refractivity contribution in [2.75, 3.05) is 18.0 Å². The maximum Gasteiger partial charge on any atom is 0.314 e. The number of fused-ring (bicyclic) bond motifs is 1. The lowest BCUT2D eigenvalue weighted by atomic mass is 9.87. The first kappa shape index (κ1) is 19.9. The minimum Gasteiger partial charge on any atom is -0.415 e. The van der Waals surface area contributed by atoms with Crippen LogP contribution < -0.4 is 10.2 Å². The Hall–Kier alpha value is -3.73. The number of piperazine rings is 1. The largest absolute Gasteiger partial charge is 0.415 e. The molecule has 0 spiro atoms. The van der Waals surface area contributed by atoms with Gasteiger partial charge in [0.15, 0.2) is 0 Å². The molecule has 1 N–H and O–H groups in total. The Labute approximate surface area is 186 Å². The highest BCUT2D eigenvalue weighted by atomic mass is 19.3. The summed E-state index contributed by atoms with van der Waals surface area (Å²) < 4.78 is 46.3. The Morgan fingerprint density at radius 1 is 1.06 bits per heavy atom. The Balaban J connectivity index is 1.17. The van der Waals surface area contributed by atoms with E-state index in [2.05, 4.69) is 30.7 Å². The molecule has 0 amide bonds. The van der Waals surface area contributed by atoms with E-state index in [9.17, 15) is 13.2 Å². The van der Waals surface area contributed by atoms with Gasteiger partial charge in [-0.2, -0.15) is 8.78 Å². The van der Waals surface area contributed by atoms with Crippen LogP contribution in [0.1, 0.15) is 17.9 Å². The number of nitrogens with zero attached hydrogens (tertiary/aromatic N) is 6. The van der Waals surface area contributed by atoms with E-state index in [-0.39, 0.29) is 11.7 Å². The van der Waals surface area contributed by atoms with Crippen molar-refractivity contribution in [3.05, 3.63) is 65.9 Å². The van der Waals surface area contributed by atoms with Crippen LogP contribution in [-0.2, 0) is 6.54 Å². The van der Waals surface area contributed by atoms with Crippen LogP contribution in [0.2, 0.25) is 0 Å². The van der Waals surface area contributed by atoms with Crippen molar-refractivity contribution in [2.24, 2.45) is 0 Å². The van der Waals surface area contributed by atoms with E-state index in [0.29, 0.717) is 35.6 Å². The third kappa shape index (κ3) is 3.54. The van der Waals surface area contributed by atoms with Crippen LogP contribution in [0.15, 0.2) is 53.1 Å². The van der Waals surface area contributed by atoms with E-state index in [1.54, 1.807) is 22.9 Å². The van der Waals surface area contributed by atoms with Gasteiger partial charge in [-0.1, -0.05) is 17.3 Å². The van der Waals surface area contributed by atoms with Crippen LogP contribution in [0, 0.1) is 5.82 Å². The van der Waals surface area contributed by atoms with Crippen LogP contribution in [0.4, 0.5) is 18.9 Å². The summed E-state index contributed by atoms with van der Waals surface area (Å²) >= 11 is 0. The Morgan fingerprint density at radius 3 is 2.55 bits per heavy atom. The molecule has 2 unspecified atom stereocenters. The van der Waals surface area contributed by atoms with Gasteiger partial charge in [0.05, 0.1) is 24.5 Å². The quantitative estimate of drug-likeness (QED) is 0.480. The summed E-state index contributed by atoms with van der Waals surface area (Å²) in [5.41, 5.74) is 3.52. The van der Waals surface area contributed by atoms with Gasteiger partial charge in [-0.3, -0.25) is 0 Å². The lowest BCUT2D eigenvalue weighted by Crippen LogP contribution is -2.78. The molecule has 2 atom stereocenters. The molecular weight excluding hydrogens is 435 g/mol. The van der Waals surface area contributed by atoms with Crippen molar-refractivity contribution in [1.29, 1.82) is 0 Å². The molecule has 8 nitrogen and oxygen atoms in total. The molecule has 33 heavy (non-hydrogen) atoms. The number of benzene rings is 2. The van der Waals surface area contributed by atoms with Gasteiger partial charge < -0.3 is 14.6 Å². The van der Waals surface area contributed by atoms with E-state index in [0.717, 1.165) is 24.2 Å². The summed E-state index contributed by atoms with van der Waals surface area (Å²) in [5, 5.41) is 18.7. The molecule has 0 bridgehead atoms. The molecule has 2 aromatic heterocycles. The number of nitrogens with one attached hydrogen (secondary N) is 1. The average molecular weight is 453 g/mol. The monoisotopic (exact) mass is 453 g/mol. The maximum absolute atomic E-state index is 14.4. The topological polar surface area (TPSA) is 84.9 Å². The van der Waals surface area contributed by atoms with Gasteiger partial charge >= 0.3 is 6.43 Å². The summed E-state index contributed by atoms with van der Waals surface area (Å²) in [4.78, 5) is 2.08. The fourth-order valence-electron chi connectivity index (χ4n) is 4.17. The second-order valence-corrected chi connectivity index (χ2v) is 8.15. The Kier molecular flexibility index (Phi) is 4.64. The van der Waals surface area contributed by atoms with Crippen molar-refractivity contribution >= 4 is 5.69 Å². The van der Waals surface area contributed by atoms with Crippen molar-refractivity contribution in [3.63, 3.8) is 0 Å². The molecule has 2 saturated heterocycles. The first-order chi connectivity index (χ1) is 16.0. The van der Waals surface area contributed by atoms with Gasteiger partial charge in [-0.15, -0.1) is 15.3 Å². The maximum atomic E-state index is 14.4. The van der Waals surface area contributed by atoms with E-state index in [1.165, 1.54) is 6.07 Å². The predicted octanol–water partition coefficient (Wildman–Crippen LogP) is 3.28. The Morgan fingerprint density at radius 2 is 1.88 bits per heavy atom. The molecule has 2 fully saturated rings. The highest BCUT2D eigenvalue weighted by Gasteiger charge is 2.46. The van der Waals surface area contributed by atoms with Crippen LogP contribution >= 0.6 is 0 Å². The molecule has 0 radical (unpaired) electrons. The summed E-state index contributed by atoms with van der Waals surface area (Å²) in [6.45, 7) is 2.14. The van der Waals surface area contributed by atoms with E-state index in [1.807, 2.05) is 24.4 Å². The van der Waals surface area contributed by atoms with E-state index >= 15 is 0 Å². The summed E-state index contributed by atoms with van der Waals surface area (Å²) in [5.74, 6) is -0.900. The van der Waals surface area contributed by atoms with Gasteiger partial charge in [-0.25, -0.2) is 9.07 Å². The third-order valence-electron chi connectivity index (χ3n) is 6.11. The fourth-order valence-corrected chi connectivity index (χ4v) is 4.17. The molecule has 2 aliphatic heterocycles.